The van der Waals surface area contributed by atoms with Crippen LogP contribution in [0.1, 0.15) is 21.5 Å². The summed E-state index contributed by atoms with van der Waals surface area (Å²) in [7, 11) is 0. The lowest BCUT2D eigenvalue weighted by Crippen LogP contribution is -2.21. The fraction of sp³-hybridized carbons (Fsp3) is 0.0667. The Morgan fingerprint density at radius 1 is 1.30 bits per heavy atom. The van der Waals surface area contributed by atoms with Crippen molar-refractivity contribution in [3.05, 3.63) is 46.0 Å². The second-order valence-electron chi connectivity index (χ2n) is 5.03. The van der Waals surface area contributed by atoms with Gasteiger partial charge in [0.05, 0.1) is 11.3 Å². The molecule has 1 fully saturated rings. The molecule has 0 radical (unpaired) electrons. The van der Waals surface area contributed by atoms with Gasteiger partial charge in [-0.2, -0.15) is 4.37 Å². The van der Waals surface area contributed by atoms with Gasteiger partial charge >= 0.3 is 5.97 Å². The predicted octanol–water partition coefficient (Wildman–Crippen LogP) is 1.83. The van der Waals surface area contributed by atoms with Crippen LogP contribution in [-0.4, -0.2) is 21.4 Å². The van der Waals surface area contributed by atoms with Gasteiger partial charge in [-0.3, -0.25) is 10.1 Å². The van der Waals surface area contributed by atoms with E-state index in [0.29, 0.717) is 16.4 Å². The summed E-state index contributed by atoms with van der Waals surface area (Å²) in [6.45, 7) is 0.279. The third-order valence-electron chi connectivity index (χ3n) is 3.57. The Hall–Kier alpha value is -2.58. The quantitative estimate of drug-likeness (QED) is 0.492. The number of rotatable bonds is 2. The lowest BCUT2D eigenvalue weighted by Gasteiger charge is -2.02. The van der Waals surface area contributed by atoms with E-state index in [1.165, 1.54) is 11.5 Å². The van der Waals surface area contributed by atoms with Crippen LogP contribution in [0.15, 0.2) is 29.3 Å². The number of hydrogen-bond acceptors (Lipinski definition) is 6. The standard InChI is InChI=1S/C15H9N3O3S2/c19-13-11(16-15(22)17-13)4-9-6-23-18-12(9)7-1-2-10-8(3-7)5-21-14(10)20/h1-4,6H,5H2,(H2,16,17,19,22)/b11-4-. The van der Waals surface area contributed by atoms with Crippen LogP contribution in [-0.2, 0) is 16.1 Å². The zero-order valence-corrected chi connectivity index (χ0v) is 13.2. The molecule has 0 spiro atoms. The maximum absolute atomic E-state index is 11.7. The minimum absolute atomic E-state index is 0.264. The van der Waals surface area contributed by atoms with Crippen molar-refractivity contribution < 1.29 is 14.3 Å². The minimum Gasteiger partial charge on any atom is -0.457 e. The van der Waals surface area contributed by atoms with E-state index in [1.807, 2.05) is 17.5 Å². The number of benzene rings is 1. The zero-order chi connectivity index (χ0) is 16.0. The second kappa shape index (κ2) is 5.25. The number of ether oxygens (including phenoxy) is 1. The number of carbonyl (C=O) groups excluding carboxylic acids is 2. The maximum Gasteiger partial charge on any atom is 0.338 e. The first-order valence-corrected chi connectivity index (χ1v) is 7.95. The molecule has 2 N–H and O–H groups in total. The summed E-state index contributed by atoms with van der Waals surface area (Å²) < 4.78 is 9.41. The Balaban J connectivity index is 1.74. The topological polar surface area (TPSA) is 80.3 Å². The van der Waals surface area contributed by atoms with Crippen molar-refractivity contribution in [2.45, 2.75) is 6.61 Å². The number of hydrogen-bond donors (Lipinski definition) is 2. The van der Waals surface area contributed by atoms with E-state index >= 15 is 0 Å². The molecule has 2 aliphatic heterocycles. The summed E-state index contributed by atoms with van der Waals surface area (Å²) in [5, 5.41) is 7.48. The average molecular weight is 343 g/mol. The summed E-state index contributed by atoms with van der Waals surface area (Å²) in [6, 6.07) is 5.46. The molecule has 0 unspecified atom stereocenters. The van der Waals surface area contributed by atoms with Gasteiger partial charge in [0.2, 0.25) is 0 Å². The Bertz CT molecular complexity index is 901. The molecule has 0 atom stereocenters. The Morgan fingerprint density at radius 2 is 2.17 bits per heavy atom. The summed E-state index contributed by atoms with van der Waals surface area (Å²) >= 11 is 6.21. The summed E-state index contributed by atoms with van der Waals surface area (Å²) in [5.74, 6) is -0.562. The van der Waals surface area contributed by atoms with Gasteiger partial charge in [0.15, 0.2) is 5.11 Å². The lowest BCUT2D eigenvalue weighted by molar-refractivity contribution is -0.115. The number of nitrogens with zero attached hydrogens (tertiary/aromatic N) is 1. The number of aromatic nitrogens is 1. The molecule has 8 heteroatoms. The fourth-order valence-corrected chi connectivity index (χ4v) is 3.35. The number of thiocarbonyl (C=S) groups is 1. The maximum atomic E-state index is 11.7. The first-order chi connectivity index (χ1) is 11.1. The van der Waals surface area contributed by atoms with E-state index in [-0.39, 0.29) is 18.5 Å². The summed E-state index contributed by atoms with van der Waals surface area (Å²) in [5.41, 5.74) is 4.25. The van der Waals surface area contributed by atoms with Gasteiger partial charge in [0.25, 0.3) is 5.91 Å². The Morgan fingerprint density at radius 3 is 2.96 bits per heavy atom. The van der Waals surface area contributed by atoms with Crippen molar-refractivity contribution in [2.75, 3.05) is 0 Å². The van der Waals surface area contributed by atoms with Crippen LogP contribution in [0.4, 0.5) is 0 Å². The SMILES string of the molecule is O=C1NC(=S)N/C1=C\c1csnc1-c1ccc2c(c1)COC2=O. The van der Waals surface area contributed by atoms with Crippen molar-refractivity contribution in [3.63, 3.8) is 0 Å². The van der Waals surface area contributed by atoms with Crippen molar-refractivity contribution >= 4 is 46.8 Å². The van der Waals surface area contributed by atoms with Gasteiger partial charge in [-0.15, -0.1) is 0 Å². The van der Waals surface area contributed by atoms with Crippen molar-refractivity contribution in [1.29, 1.82) is 0 Å². The van der Waals surface area contributed by atoms with Crippen LogP contribution in [0.5, 0.6) is 0 Å². The third-order valence-corrected chi connectivity index (χ3v) is 4.43. The summed E-state index contributed by atoms with van der Waals surface area (Å²) in [4.78, 5) is 23.3. The smallest absolute Gasteiger partial charge is 0.338 e. The van der Waals surface area contributed by atoms with Gasteiger partial charge in [0, 0.05) is 22.1 Å². The predicted molar refractivity (Wildman–Crippen MR) is 88.5 cm³/mol. The molecule has 1 amide bonds. The highest BCUT2D eigenvalue weighted by Gasteiger charge is 2.23. The van der Waals surface area contributed by atoms with Crippen LogP contribution < -0.4 is 10.6 Å². The van der Waals surface area contributed by atoms with Crippen molar-refractivity contribution in [1.82, 2.24) is 15.0 Å². The van der Waals surface area contributed by atoms with Crippen LogP contribution in [0.2, 0.25) is 0 Å². The molecule has 114 valence electrons. The van der Waals surface area contributed by atoms with Gasteiger partial charge < -0.3 is 10.1 Å². The number of carbonyl (C=O) groups is 2. The highest BCUT2D eigenvalue weighted by atomic mass is 32.1. The van der Waals surface area contributed by atoms with Crippen molar-refractivity contribution in [2.24, 2.45) is 0 Å². The van der Waals surface area contributed by atoms with E-state index in [0.717, 1.165) is 22.4 Å². The molecule has 3 heterocycles. The number of nitrogens with one attached hydrogen (secondary N) is 2. The number of cyclic esters (lactones) is 1. The minimum atomic E-state index is -0.299. The highest BCUT2D eigenvalue weighted by molar-refractivity contribution is 7.80. The van der Waals surface area contributed by atoms with Gasteiger partial charge in [-0.05, 0) is 42.0 Å². The van der Waals surface area contributed by atoms with E-state index in [9.17, 15) is 9.59 Å². The zero-order valence-electron chi connectivity index (χ0n) is 11.6. The molecule has 6 nitrogen and oxygen atoms in total. The van der Waals surface area contributed by atoms with E-state index in [4.69, 9.17) is 17.0 Å². The Labute approximate surface area is 140 Å². The van der Waals surface area contributed by atoms with Crippen molar-refractivity contribution in [3.8, 4) is 11.3 Å². The van der Waals surface area contributed by atoms with E-state index in [1.54, 1.807) is 12.1 Å². The number of amides is 1. The normalized spacial score (nSPS) is 17.9. The highest BCUT2D eigenvalue weighted by Crippen LogP contribution is 2.30. The molecule has 0 saturated carbocycles. The second-order valence-corrected chi connectivity index (χ2v) is 6.07. The fourth-order valence-electron chi connectivity index (χ4n) is 2.48. The van der Waals surface area contributed by atoms with E-state index < -0.39 is 0 Å². The molecular formula is C15H9N3O3S2. The third kappa shape index (κ3) is 2.41. The molecular weight excluding hydrogens is 334 g/mol. The van der Waals surface area contributed by atoms with Crippen LogP contribution in [0, 0.1) is 0 Å². The monoisotopic (exact) mass is 343 g/mol. The van der Waals surface area contributed by atoms with Crippen LogP contribution in [0.25, 0.3) is 17.3 Å². The molecule has 4 rings (SSSR count). The molecule has 23 heavy (non-hydrogen) atoms. The molecule has 0 bridgehead atoms. The molecule has 1 aromatic carbocycles. The van der Waals surface area contributed by atoms with Gasteiger partial charge in [0.1, 0.15) is 12.3 Å². The first-order valence-electron chi connectivity index (χ1n) is 6.70. The summed E-state index contributed by atoms with van der Waals surface area (Å²) in [6.07, 6.45) is 1.71. The molecule has 2 aromatic rings. The number of fused-ring (bicyclic) bond motifs is 1. The molecule has 0 aliphatic carbocycles. The number of esters is 1. The largest absolute Gasteiger partial charge is 0.457 e. The van der Waals surface area contributed by atoms with Gasteiger partial charge in [-0.25, -0.2) is 4.79 Å². The lowest BCUT2D eigenvalue weighted by atomic mass is 10.0. The molecule has 1 saturated heterocycles. The molecule has 1 aromatic heterocycles. The molecule has 2 aliphatic rings. The van der Waals surface area contributed by atoms with Crippen LogP contribution in [0.3, 0.4) is 0 Å². The first kappa shape index (κ1) is 14.0. The van der Waals surface area contributed by atoms with E-state index in [2.05, 4.69) is 15.0 Å². The van der Waals surface area contributed by atoms with Gasteiger partial charge in [-0.1, -0.05) is 6.07 Å². The Kier molecular flexibility index (Phi) is 3.21. The van der Waals surface area contributed by atoms with Crippen LogP contribution >= 0.6 is 23.8 Å². The average Bonchev–Trinajstić information content (AvgIpc) is 3.20.